The molecule has 0 spiro atoms. The first-order valence-corrected chi connectivity index (χ1v) is 21.7. The van der Waals surface area contributed by atoms with Crippen LogP contribution in [0.4, 0.5) is 4.39 Å². The van der Waals surface area contributed by atoms with Crippen LogP contribution in [-0.4, -0.2) is 103 Å². The van der Waals surface area contributed by atoms with Crippen LogP contribution in [-0.2, 0) is 68.9 Å². The van der Waals surface area contributed by atoms with Crippen molar-refractivity contribution in [2.24, 2.45) is 11.8 Å². The van der Waals surface area contributed by atoms with Gasteiger partial charge in [0.1, 0.15) is 11.5 Å². The van der Waals surface area contributed by atoms with Gasteiger partial charge in [-0.05, 0) is 102 Å². The summed E-state index contributed by atoms with van der Waals surface area (Å²) in [6, 6.07) is 11.9. The number of halogens is 1. The Labute approximate surface area is 340 Å². The van der Waals surface area contributed by atoms with Gasteiger partial charge in [-0.2, -0.15) is 8.42 Å². The Morgan fingerprint density at radius 1 is 0.825 bits per heavy atom. The summed E-state index contributed by atoms with van der Waals surface area (Å²) in [6.07, 6.45) is 6.17. The van der Waals surface area contributed by atoms with Crippen LogP contribution in [0.1, 0.15) is 90.9 Å². The highest BCUT2D eigenvalue weighted by Crippen LogP contribution is 2.35. The number of alkyl halides is 1. The minimum Gasteiger partial charge on any atom is -0.466 e. The number of likely N-dealkylation sites (tertiary alicyclic amines) is 1. The summed E-state index contributed by atoms with van der Waals surface area (Å²) < 4.78 is 75.2. The molecule has 2 aromatic carbocycles. The van der Waals surface area contributed by atoms with Crippen molar-refractivity contribution in [1.82, 2.24) is 10.2 Å². The van der Waals surface area contributed by atoms with E-state index in [0.717, 1.165) is 93.7 Å². The molecule has 1 N–H and O–H groups in total. The quantitative estimate of drug-likeness (QED) is 0.205. The number of rotatable bonds is 11. The Kier molecular flexibility index (Phi) is 18.9. The fourth-order valence-corrected chi connectivity index (χ4v) is 7.23. The third-order valence-corrected chi connectivity index (χ3v) is 10.4. The van der Waals surface area contributed by atoms with E-state index in [4.69, 9.17) is 34.0 Å². The zero-order chi connectivity index (χ0) is 42.8. The summed E-state index contributed by atoms with van der Waals surface area (Å²) in [5.41, 5.74) is 4.40. The molecule has 2 saturated heterocycles. The number of hydrogen-bond acceptors (Lipinski definition) is 13. The highest BCUT2D eigenvalue weighted by Gasteiger charge is 2.30. The highest BCUT2D eigenvalue weighted by atomic mass is 32.2. The lowest BCUT2D eigenvalue weighted by Gasteiger charge is -2.34. The molecule has 0 aromatic heterocycles. The molecule has 13 nitrogen and oxygen atoms in total. The molecule has 0 bridgehead atoms. The standard InChI is InChI=1S/C20H29NO4.C13H18O5S.C8H15NO2.CH3F/c1-4-23-19(22)16-9-12-21(13-10-16)11-8-15-6-5-7-18-17(15)14-24-20(2,3)25-18;1-13(2)16-9-11-10(5-4-6-12(11)18-13)7-8-17-19(3,14)15;1-2-11-8(10)7-3-5-9-6-4-7;1-2/h5-7,16H,4,8-14H2,1-3H3;4-6H,7-9H2,1-3H3;7,9H,2-6H2,1H3;1H3/i;;;1D. The molecule has 0 saturated carbocycles. The first-order chi connectivity index (χ1) is 27.5. The van der Waals surface area contributed by atoms with Crippen LogP contribution >= 0.6 is 0 Å². The lowest BCUT2D eigenvalue weighted by molar-refractivity contribution is -0.180. The predicted octanol–water partition coefficient (Wildman–Crippen LogP) is 6.13. The molecule has 2 aromatic rings. The van der Waals surface area contributed by atoms with E-state index in [1.54, 1.807) is 0 Å². The van der Waals surface area contributed by atoms with E-state index in [-0.39, 0.29) is 30.4 Å². The van der Waals surface area contributed by atoms with Gasteiger partial charge in [-0.3, -0.25) is 18.2 Å². The van der Waals surface area contributed by atoms with E-state index in [1.165, 1.54) is 11.1 Å². The van der Waals surface area contributed by atoms with Crippen LogP contribution in [0.3, 0.4) is 0 Å². The zero-order valence-electron chi connectivity index (χ0n) is 35.9. The molecule has 57 heavy (non-hydrogen) atoms. The number of fused-ring (bicyclic) bond motifs is 2. The number of ether oxygens (including phenoxy) is 6. The normalized spacial score (nSPS) is 19.1. The topological polar surface area (TPSA) is 148 Å². The lowest BCUT2D eigenvalue weighted by atomic mass is 9.96. The van der Waals surface area contributed by atoms with Crippen molar-refractivity contribution < 1.29 is 56.4 Å². The first kappa shape index (κ1) is 46.4. The number of benzene rings is 2. The minimum absolute atomic E-state index is 0.0194. The van der Waals surface area contributed by atoms with E-state index in [0.29, 0.717) is 32.8 Å². The van der Waals surface area contributed by atoms with Crippen molar-refractivity contribution in [3.05, 3.63) is 58.7 Å². The lowest BCUT2D eigenvalue weighted by Crippen LogP contribution is -2.38. The van der Waals surface area contributed by atoms with Gasteiger partial charge in [0.15, 0.2) is 0 Å². The molecule has 0 aliphatic carbocycles. The van der Waals surface area contributed by atoms with E-state index < -0.39 is 28.8 Å². The first-order valence-electron chi connectivity index (χ1n) is 20.5. The molecular weight excluding hydrogens is 760 g/mol. The number of carbonyl (C=O) groups excluding carboxylic acids is 2. The molecule has 0 radical (unpaired) electrons. The Morgan fingerprint density at radius 2 is 1.28 bits per heavy atom. The average Bonchev–Trinajstić information content (AvgIpc) is 3.17. The van der Waals surface area contributed by atoms with Crippen LogP contribution in [0.25, 0.3) is 0 Å². The molecule has 322 valence electrons. The predicted molar refractivity (Wildman–Crippen MR) is 215 cm³/mol. The van der Waals surface area contributed by atoms with Crippen LogP contribution in [0.15, 0.2) is 36.4 Å². The second-order valence-electron chi connectivity index (χ2n) is 15.0. The Morgan fingerprint density at radius 3 is 1.74 bits per heavy atom. The highest BCUT2D eigenvalue weighted by molar-refractivity contribution is 7.85. The molecule has 0 unspecified atom stereocenters. The third kappa shape index (κ3) is 16.4. The number of nitrogens with one attached hydrogen (secondary N) is 1. The molecule has 0 amide bonds. The Balaban J connectivity index is 0.000000240. The zero-order valence-corrected chi connectivity index (χ0v) is 35.7. The van der Waals surface area contributed by atoms with Crippen LogP contribution in [0.5, 0.6) is 11.5 Å². The van der Waals surface area contributed by atoms with Gasteiger partial charge in [0.2, 0.25) is 11.6 Å². The molecule has 4 aliphatic heterocycles. The maximum atomic E-state index is 11.8. The van der Waals surface area contributed by atoms with Crippen LogP contribution in [0.2, 0.25) is 0 Å². The maximum Gasteiger partial charge on any atom is 0.309 e. The van der Waals surface area contributed by atoms with Crippen molar-refractivity contribution >= 4 is 22.1 Å². The van der Waals surface area contributed by atoms with E-state index >= 15 is 0 Å². The summed E-state index contributed by atoms with van der Waals surface area (Å²) in [6.45, 7) is 18.3. The van der Waals surface area contributed by atoms with Gasteiger partial charge in [0.25, 0.3) is 10.1 Å². The maximum absolute atomic E-state index is 11.8. The van der Waals surface area contributed by atoms with Gasteiger partial charge in [-0.25, -0.2) is 0 Å². The number of carbonyl (C=O) groups is 2. The molecular formula is C42H65FN2O11S. The van der Waals surface area contributed by atoms with Crippen molar-refractivity contribution in [2.45, 2.75) is 105 Å². The minimum atomic E-state index is -3.40. The van der Waals surface area contributed by atoms with Crippen molar-refractivity contribution in [3.8, 4) is 11.5 Å². The Hall–Kier alpha value is -3.34. The second kappa shape index (κ2) is 23.3. The molecule has 4 aliphatic rings. The summed E-state index contributed by atoms with van der Waals surface area (Å²) in [7, 11) is -4.40. The Bertz CT molecular complexity index is 1680. The van der Waals surface area contributed by atoms with Crippen molar-refractivity contribution in [2.75, 3.05) is 66.0 Å². The summed E-state index contributed by atoms with van der Waals surface area (Å²) in [5, 5.41) is 3.20. The SMILES string of the molecule is CC1(C)OCc2c(CCOS(C)(=O)=O)cccc2O1.CCOC(=O)C1CCN(CCc2cccc3c2COC(C)(C)O3)CC1.CCOC(=O)C1CCNCC1.[2H]CF. The van der Waals surface area contributed by atoms with E-state index in [9.17, 15) is 22.4 Å². The van der Waals surface area contributed by atoms with Gasteiger partial charge in [-0.1, -0.05) is 24.3 Å². The molecule has 2 fully saturated rings. The van der Waals surface area contributed by atoms with Gasteiger partial charge in [0.05, 0.1) is 59.7 Å². The van der Waals surface area contributed by atoms with Gasteiger partial charge in [-0.15, -0.1) is 0 Å². The third-order valence-electron chi connectivity index (χ3n) is 9.83. The monoisotopic (exact) mass is 825 g/mol. The number of hydrogen-bond donors (Lipinski definition) is 1. The molecule has 6 rings (SSSR count). The summed E-state index contributed by atoms with van der Waals surface area (Å²) >= 11 is 0. The molecule has 15 heteroatoms. The largest absolute Gasteiger partial charge is 0.466 e. The fourth-order valence-electron chi connectivity index (χ4n) is 6.84. The van der Waals surface area contributed by atoms with Crippen LogP contribution in [0, 0.1) is 11.8 Å². The van der Waals surface area contributed by atoms with Crippen LogP contribution < -0.4 is 14.8 Å². The van der Waals surface area contributed by atoms with Gasteiger partial charge >= 0.3 is 11.9 Å². The number of nitrogens with zero attached hydrogens (tertiary/aromatic N) is 1. The average molecular weight is 826 g/mol. The van der Waals surface area contributed by atoms with Gasteiger partial charge < -0.3 is 38.6 Å². The number of piperidine rings is 2. The van der Waals surface area contributed by atoms with Crippen molar-refractivity contribution in [1.29, 1.82) is 0 Å². The van der Waals surface area contributed by atoms with E-state index in [2.05, 4.69) is 22.3 Å². The number of esters is 2. The smallest absolute Gasteiger partial charge is 0.309 e. The molecule has 0 atom stereocenters. The fraction of sp³-hybridized carbons (Fsp3) is 0.667. The summed E-state index contributed by atoms with van der Waals surface area (Å²) in [4.78, 5) is 25.4. The van der Waals surface area contributed by atoms with E-state index in [1.807, 2.05) is 65.8 Å². The van der Waals surface area contributed by atoms with Gasteiger partial charge in [0, 0.05) is 45.4 Å². The summed E-state index contributed by atoms with van der Waals surface area (Å²) in [5.74, 6) is 0.712. The molecule has 4 heterocycles. The second-order valence-corrected chi connectivity index (χ2v) is 16.7. The van der Waals surface area contributed by atoms with Crippen molar-refractivity contribution in [3.63, 3.8) is 0 Å².